The number of nitrogens with zero attached hydrogens (tertiary/aromatic N) is 1. The van der Waals surface area contributed by atoms with Crippen LogP contribution in [0.2, 0.25) is 0 Å². The van der Waals surface area contributed by atoms with Gasteiger partial charge in [0.05, 0.1) is 12.1 Å². The molecule has 4 nitrogen and oxygen atoms in total. The molecule has 5 heteroatoms. The average Bonchev–Trinajstić information content (AvgIpc) is 2.92. The third-order valence-electron chi connectivity index (χ3n) is 3.63. The topological polar surface area (TPSA) is 48.3 Å². The van der Waals surface area contributed by atoms with E-state index in [0.717, 1.165) is 21.7 Å². The van der Waals surface area contributed by atoms with Gasteiger partial charge in [-0.15, -0.1) is 11.8 Å². The Morgan fingerprint density at radius 3 is 2.71 bits per heavy atom. The Kier molecular flexibility index (Phi) is 3.59. The largest absolute Gasteiger partial charge is 0.467 e. The highest BCUT2D eigenvalue weighted by molar-refractivity contribution is 7.99. The molecular weight excluding hydrogens is 286 g/mol. The third-order valence-corrected chi connectivity index (χ3v) is 4.79. The molecule has 0 radical (unpaired) electrons. The van der Waals surface area contributed by atoms with E-state index in [1.54, 1.807) is 10.6 Å². The van der Waals surface area contributed by atoms with Crippen LogP contribution in [-0.4, -0.2) is 23.4 Å². The quantitative estimate of drug-likeness (QED) is 0.800. The Morgan fingerprint density at radius 2 is 2.05 bits per heavy atom. The summed E-state index contributed by atoms with van der Waals surface area (Å²) in [4.78, 5) is 24.2. The molecule has 0 saturated carbocycles. The minimum Gasteiger partial charge on any atom is -0.467 e. The van der Waals surface area contributed by atoms with Crippen molar-refractivity contribution in [3.8, 4) is 11.1 Å². The molecule has 1 aliphatic rings. The van der Waals surface area contributed by atoms with Crippen molar-refractivity contribution >= 4 is 17.7 Å². The van der Waals surface area contributed by atoms with Crippen LogP contribution in [0.1, 0.15) is 11.6 Å². The summed E-state index contributed by atoms with van der Waals surface area (Å²) < 4.78 is 6.37. The van der Waals surface area contributed by atoms with Crippen LogP contribution >= 0.6 is 11.8 Å². The van der Waals surface area contributed by atoms with Crippen molar-refractivity contribution < 1.29 is 9.53 Å². The van der Waals surface area contributed by atoms with Gasteiger partial charge in [-0.25, -0.2) is 4.79 Å². The van der Waals surface area contributed by atoms with Gasteiger partial charge in [0.2, 0.25) is 0 Å². The number of pyridine rings is 1. The van der Waals surface area contributed by atoms with Crippen LogP contribution in [0.15, 0.2) is 46.2 Å². The predicted octanol–water partition coefficient (Wildman–Crippen LogP) is 2.64. The maximum absolute atomic E-state index is 12.3. The molecule has 0 amide bonds. The summed E-state index contributed by atoms with van der Waals surface area (Å²) in [6.45, 7) is 1.93. The van der Waals surface area contributed by atoms with E-state index in [9.17, 15) is 9.59 Å². The number of carbonyl (C=O) groups is 1. The van der Waals surface area contributed by atoms with Crippen LogP contribution in [0.4, 0.5) is 0 Å². The van der Waals surface area contributed by atoms with Crippen molar-refractivity contribution in [2.75, 3.05) is 12.9 Å². The molecule has 0 saturated heterocycles. The van der Waals surface area contributed by atoms with Crippen molar-refractivity contribution in [3.63, 3.8) is 0 Å². The highest BCUT2D eigenvalue weighted by atomic mass is 32.2. The summed E-state index contributed by atoms with van der Waals surface area (Å²) in [7, 11) is 1.35. The summed E-state index contributed by atoms with van der Waals surface area (Å²) >= 11 is 1.53. The lowest BCUT2D eigenvalue weighted by molar-refractivity contribution is -0.143. The third kappa shape index (κ3) is 2.27. The number of fused-ring (bicyclic) bond motifs is 1. The van der Waals surface area contributed by atoms with E-state index in [1.807, 2.05) is 37.3 Å². The van der Waals surface area contributed by atoms with Crippen LogP contribution < -0.4 is 5.56 Å². The van der Waals surface area contributed by atoms with Gasteiger partial charge < -0.3 is 4.74 Å². The predicted molar refractivity (Wildman–Crippen MR) is 82.7 cm³/mol. The second-order valence-corrected chi connectivity index (χ2v) is 5.94. The molecule has 21 heavy (non-hydrogen) atoms. The number of ether oxygens (including phenoxy) is 1. The van der Waals surface area contributed by atoms with Gasteiger partial charge in [0, 0.05) is 17.4 Å². The number of thioether (sulfide) groups is 1. The van der Waals surface area contributed by atoms with E-state index in [2.05, 4.69) is 0 Å². The second-order valence-electron chi connectivity index (χ2n) is 4.93. The summed E-state index contributed by atoms with van der Waals surface area (Å²) in [5, 5.41) is 0.849. The maximum Gasteiger partial charge on any atom is 0.329 e. The molecule has 0 fully saturated rings. The Hall–Kier alpha value is -2.01. The van der Waals surface area contributed by atoms with Gasteiger partial charge >= 0.3 is 5.97 Å². The molecule has 1 aliphatic heterocycles. The lowest BCUT2D eigenvalue weighted by atomic mass is 10.0. The van der Waals surface area contributed by atoms with E-state index in [-0.39, 0.29) is 11.5 Å². The lowest BCUT2D eigenvalue weighted by Crippen LogP contribution is -2.29. The summed E-state index contributed by atoms with van der Waals surface area (Å²) in [5.41, 5.74) is 2.85. The van der Waals surface area contributed by atoms with E-state index in [0.29, 0.717) is 5.75 Å². The smallest absolute Gasteiger partial charge is 0.329 e. The number of hydrogen-bond acceptors (Lipinski definition) is 4. The molecular formula is C16H15NO3S. The van der Waals surface area contributed by atoms with Crippen LogP contribution in [0.5, 0.6) is 0 Å². The molecule has 2 aromatic rings. The number of carbonyl (C=O) groups excluding carboxylic acids is 1. The fraction of sp³-hybridized carbons (Fsp3) is 0.250. The van der Waals surface area contributed by atoms with Crippen LogP contribution in [0.3, 0.4) is 0 Å². The zero-order valence-corrected chi connectivity index (χ0v) is 12.6. The average molecular weight is 301 g/mol. The van der Waals surface area contributed by atoms with E-state index in [1.165, 1.54) is 18.9 Å². The van der Waals surface area contributed by atoms with Crippen molar-refractivity contribution in [2.45, 2.75) is 18.0 Å². The highest BCUT2D eigenvalue weighted by Gasteiger charge is 2.33. The number of aromatic nitrogens is 1. The molecule has 0 aliphatic carbocycles. The highest BCUT2D eigenvalue weighted by Crippen LogP contribution is 2.40. The Bertz CT molecular complexity index is 752. The van der Waals surface area contributed by atoms with E-state index < -0.39 is 6.04 Å². The van der Waals surface area contributed by atoms with Crippen molar-refractivity contribution in [1.82, 2.24) is 4.57 Å². The van der Waals surface area contributed by atoms with Gasteiger partial charge in [0.15, 0.2) is 0 Å². The standard InChI is InChI=1S/C16H15NO3S/c1-10-8-13(18)17-12(16(19)20-2)9-21-15(17)14(10)11-6-4-3-5-7-11/h3-8,12H,9H2,1-2H3/t12-/m0/s1. The number of esters is 1. The zero-order chi connectivity index (χ0) is 15.0. The number of benzene rings is 1. The molecule has 0 unspecified atom stereocenters. The van der Waals surface area contributed by atoms with Gasteiger partial charge in [0.1, 0.15) is 6.04 Å². The zero-order valence-electron chi connectivity index (χ0n) is 11.8. The number of aryl methyl sites for hydroxylation is 1. The summed E-state index contributed by atoms with van der Waals surface area (Å²) in [6.07, 6.45) is 0. The van der Waals surface area contributed by atoms with E-state index in [4.69, 9.17) is 4.74 Å². The molecule has 1 aromatic carbocycles. The minimum atomic E-state index is -0.537. The molecule has 1 atom stereocenters. The minimum absolute atomic E-state index is 0.150. The monoisotopic (exact) mass is 301 g/mol. The molecule has 0 N–H and O–H groups in total. The molecule has 0 bridgehead atoms. The Labute approximate surface area is 126 Å². The van der Waals surface area contributed by atoms with Gasteiger partial charge in [-0.3, -0.25) is 9.36 Å². The summed E-state index contributed by atoms with van der Waals surface area (Å²) in [5.74, 6) is 0.164. The number of hydrogen-bond donors (Lipinski definition) is 0. The first kappa shape index (κ1) is 13.9. The summed E-state index contributed by atoms with van der Waals surface area (Å²) in [6, 6.07) is 11.0. The molecule has 1 aromatic heterocycles. The molecule has 3 rings (SSSR count). The van der Waals surface area contributed by atoms with E-state index >= 15 is 0 Å². The lowest BCUT2D eigenvalue weighted by Gasteiger charge is -2.15. The first-order valence-corrected chi connectivity index (χ1v) is 7.64. The molecule has 0 spiro atoms. The first-order chi connectivity index (χ1) is 10.1. The van der Waals surface area contributed by atoms with Gasteiger partial charge in [-0.05, 0) is 18.1 Å². The van der Waals surface area contributed by atoms with Crippen LogP contribution in [0.25, 0.3) is 11.1 Å². The molecule has 2 heterocycles. The number of rotatable bonds is 2. The van der Waals surface area contributed by atoms with Crippen molar-refractivity contribution in [2.24, 2.45) is 0 Å². The van der Waals surface area contributed by atoms with Gasteiger partial charge in [0.25, 0.3) is 5.56 Å². The maximum atomic E-state index is 12.3. The first-order valence-electron chi connectivity index (χ1n) is 6.65. The number of methoxy groups -OCH3 is 1. The normalized spacial score (nSPS) is 16.6. The Balaban J connectivity index is 2.24. The molecule has 108 valence electrons. The fourth-order valence-corrected chi connectivity index (χ4v) is 4.03. The van der Waals surface area contributed by atoms with Gasteiger partial charge in [-0.1, -0.05) is 30.3 Å². The van der Waals surface area contributed by atoms with Crippen molar-refractivity contribution in [3.05, 3.63) is 52.3 Å². The van der Waals surface area contributed by atoms with Crippen molar-refractivity contribution in [1.29, 1.82) is 0 Å². The van der Waals surface area contributed by atoms with Crippen LogP contribution in [0, 0.1) is 6.92 Å². The second kappa shape index (κ2) is 5.41. The Morgan fingerprint density at radius 1 is 1.33 bits per heavy atom. The van der Waals surface area contributed by atoms with Gasteiger partial charge in [-0.2, -0.15) is 0 Å². The fourth-order valence-electron chi connectivity index (χ4n) is 2.65. The SMILES string of the molecule is COC(=O)[C@@H]1CSc2c(-c3ccccc3)c(C)cc(=O)n21. The van der Waals surface area contributed by atoms with Crippen LogP contribution in [-0.2, 0) is 9.53 Å².